The van der Waals surface area contributed by atoms with Crippen molar-refractivity contribution in [1.82, 2.24) is 20.3 Å². The number of rotatable bonds is 5. The molecule has 3 rings (SSSR count). The molecule has 4 nitrogen and oxygen atoms in total. The maximum Gasteiger partial charge on any atom is 0.141 e. The van der Waals surface area contributed by atoms with Gasteiger partial charge in [0.2, 0.25) is 0 Å². The van der Waals surface area contributed by atoms with Crippen molar-refractivity contribution in [3.05, 3.63) is 66.4 Å². The van der Waals surface area contributed by atoms with Gasteiger partial charge in [0, 0.05) is 24.0 Å². The van der Waals surface area contributed by atoms with Crippen LogP contribution in [0.2, 0.25) is 0 Å². The number of pyridine rings is 1. The van der Waals surface area contributed by atoms with Gasteiger partial charge in [-0.2, -0.15) is 0 Å². The summed E-state index contributed by atoms with van der Waals surface area (Å²) in [5, 5.41) is 4.55. The van der Waals surface area contributed by atoms with Gasteiger partial charge in [0.1, 0.15) is 5.82 Å². The predicted octanol–water partition coefficient (Wildman–Crippen LogP) is 2.36. The van der Waals surface area contributed by atoms with Crippen LogP contribution in [0.4, 0.5) is 0 Å². The normalized spacial score (nSPS) is 10.8. The van der Waals surface area contributed by atoms with Gasteiger partial charge in [0.15, 0.2) is 0 Å². The van der Waals surface area contributed by atoms with Gasteiger partial charge >= 0.3 is 0 Å². The molecule has 0 saturated heterocycles. The lowest BCUT2D eigenvalue weighted by Crippen LogP contribution is -2.18. The van der Waals surface area contributed by atoms with Crippen molar-refractivity contribution >= 4 is 10.9 Å². The van der Waals surface area contributed by atoms with E-state index in [2.05, 4.69) is 44.5 Å². The minimum absolute atomic E-state index is 0.693. The Bertz CT molecular complexity index is 677. The van der Waals surface area contributed by atoms with Gasteiger partial charge in [-0.05, 0) is 30.7 Å². The maximum atomic E-state index is 4.47. The molecule has 0 aliphatic heterocycles. The van der Waals surface area contributed by atoms with E-state index < -0.39 is 0 Å². The van der Waals surface area contributed by atoms with E-state index in [0.29, 0.717) is 6.54 Å². The van der Waals surface area contributed by atoms with Crippen LogP contribution in [0.5, 0.6) is 0 Å². The van der Waals surface area contributed by atoms with E-state index in [9.17, 15) is 0 Å². The van der Waals surface area contributed by atoms with Crippen LogP contribution in [-0.4, -0.2) is 21.5 Å². The second kappa shape index (κ2) is 6.21. The minimum Gasteiger partial charge on any atom is -0.310 e. The third kappa shape index (κ3) is 2.97. The van der Waals surface area contributed by atoms with Gasteiger partial charge in [-0.1, -0.05) is 24.3 Å². The van der Waals surface area contributed by atoms with Crippen LogP contribution in [-0.2, 0) is 13.0 Å². The lowest BCUT2D eigenvalue weighted by atomic mass is 10.1. The van der Waals surface area contributed by atoms with Crippen LogP contribution in [0, 0.1) is 0 Å². The van der Waals surface area contributed by atoms with Crippen molar-refractivity contribution in [2.45, 2.75) is 13.0 Å². The highest BCUT2D eigenvalue weighted by atomic mass is 14.9. The molecule has 0 spiro atoms. The fourth-order valence-electron chi connectivity index (χ4n) is 2.21. The van der Waals surface area contributed by atoms with Gasteiger partial charge in [0.05, 0.1) is 12.1 Å². The molecular formula is C16H16N4. The van der Waals surface area contributed by atoms with Gasteiger partial charge in [-0.3, -0.25) is 4.98 Å². The molecule has 0 atom stereocenters. The van der Waals surface area contributed by atoms with E-state index in [4.69, 9.17) is 0 Å². The highest BCUT2D eigenvalue weighted by molar-refractivity contribution is 5.81. The molecule has 2 heterocycles. The Balaban J connectivity index is 1.60. The summed E-state index contributed by atoms with van der Waals surface area (Å²) in [6, 6.07) is 12.2. The summed E-state index contributed by atoms with van der Waals surface area (Å²) in [7, 11) is 0. The second-order valence-electron chi connectivity index (χ2n) is 4.58. The van der Waals surface area contributed by atoms with Gasteiger partial charge in [-0.15, -0.1) is 0 Å². The van der Waals surface area contributed by atoms with Crippen LogP contribution < -0.4 is 5.32 Å². The fourth-order valence-corrected chi connectivity index (χ4v) is 2.21. The molecule has 1 aromatic carbocycles. The quantitative estimate of drug-likeness (QED) is 0.719. The third-order valence-corrected chi connectivity index (χ3v) is 3.19. The zero-order valence-corrected chi connectivity index (χ0v) is 11.2. The van der Waals surface area contributed by atoms with Crippen LogP contribution in [0.15, 0.2) is 55.0 Å². The van der Waals surface area contributed by atoms with E-state index in [1.807, 2.05) is 18.3 Å². The number of nitrogens with zero attached hydrogens (tertiary/aromatic N) is 3. The molecule has 20 heavy (non-hydrogen) atoms. The first-order chi connectivity index (χ1) is 9.93. The lowest BCUT2D eigenvalue weighted by Gasteiger charge is -2.06. The summed E-state index contributed by atoms with van der Waals surface area (Å²) in [5.41, 5.74) is 2.36. The first kappa shape index (κ1) is 12.7. The number of benzene rings is 1. The average molecular weight is 264 g/mol. The van der Waals surface area contributed by atoms with Gasteiger partial charge in [-0.25, -0.2) is 9.97 Å². The topological polar surface area (TPSA) is 50.7 Å². The minimum atomic E-state index is 0.693. The van der Waals surface area contributed by atoms with Gasteiger partial charge in [0.25, 0.3) is 0 Å². The Kier molecular flexibility index (Phi) is 3.94. The zero-order valence-electron chi connectivity index (χ0n) is 11.2. The largest absolute Gasteiger partial charge is 0.310 e. The van der Waals surface area contributed by atoms with Crippen LogP contribution in [0.25, 0.3) is 10.9 Å². The molecule has 0 unspecified atom stereocenters. The molecule has 4 heteroatoms. The zero-order chi connectivity index (χ0) is 13.6. The van der Waals surface area contributed by atoms with E-state index in [1.165, 1.54) is 10.9 Å². The van der Waals surface area contributed by atoms with Crippen molar-refractivity contribution in [1.29, 1.82) is 0 Å². The molecule has 1 N–H and O–H groups in total. The molecule has 0 bridgehead atoms. The molecule has 0 aliphatic rings. The first-order valence-corrected chi connectivity index (χ1v) is 6.73. The predicted molar refractivity (Wildman–Crippen MR) is 79.2 cm³/mol. The Morgan fingerprint density at radius 2 is 1.65 bits per heavy atom. The molecule has 0 aliphatic carbocycles. The molecule has 0 amide bonds. The smallest absolute Gasteiger partial charge is 0.141 e. The Hall–Kier alpha value is -2.33. The third-order valence-electron chi connectivity index (χ3n) is 3.19. The molecule has 3 aromatic rings. The molecule has 0 saturated carbocycles. The van der Waals surface area contributed by atoms with E-state index in [1.54, 1.807) is 12.4 Å². The van der Waals surface area contributed by atoms with E-state index in [0.717, 1.165) is 24.3 Å². The average Bonchev–Trinajstić information content (AvgIpc) is 2.53. The monoisotopic (exact) mass is 264 g/mol. The summed E-state index contributed by atoms with van der Waals surface area (Å²) in [6.45, 7) is 1.58. The Morgan fingerprint density at radius 3 is 2.55 bits per heavy atom. The summed E-state index contributed by atoms with van der Waals surface area (Å²) < 4.78 is 0. The summed E-state index contributed by atoms with van der Waals surface area (Å²) >= 11 is 0. The highest BCUT2D eigenvalue weighted by Gasteiger charge is 2.01. The van der Waals surface area contributed by atoms with Crippen molar-refractivity contribution < 1.29 is 0 Å². The number of para-hydroxylation sites is 1. The Labute approximate surface area is 117 Å². The molecule has 100 valence electrons. The van der Waals surface area contributed by atoms with Crippen LogP contribution in [0.1, 0.15) is 11.4 Å². The van der Waals surface area contributed by atoms with Crippen LogP contribution in [0.3, 0.4) is 0 Å². The summed E-state index contributed by atoms with van der Waals surface area (Å²) in [5.74, 6) is 0.823. The number of hydrogen-bond acceptors (Lipinski definition) is 4. The second-order valence-corrected chi connectivity index (χ2v) is 4.58. The van der Waals surface area contributed by atoms with Crippen molar-refractivity contribution in [2.75, 3.05) is 6.54 Å². The van der Waals surface area contributed by atoms with E-state index >= 15 is 0 Å². The van der Waals surface area contributed by atoms with Crippen molar-refractivity contribution in [3.8, 4) is 0 Å². The summed E-state index contributed by atoms with van der Waals surface area (Å²) in [6.07, 6.45) is 6.32. The lowest BCUT2D eigenvalue weighted by molar-refractivity contribution is 0.660. The number of nitrogens with one attached hydrogen (secondary N) is 1. The fraction of sp³-hybridized carbons (Fsp3) is 0.188. The maximum absolute atomic E-state index is 4.47. The Morgan fingerprint density at radius 1 is 0.850 bits per heavy atom. The van der Waals surface area contributed by atoms with Crippen LogP contribution >= 0.6 is 0 Å². The SMILES string of the molecule is c1cnc(CNCCc2cccc3cccnc23)nc1. The summed E-state index contributed by atoms with van der Waals surface area (Å²) in [4.78, 5) is 12.8. The highest BCUT2D eigenvalue weighted by Crippen LogP contribution is 2.15. The molecule has 0 radical (unpaired) electrons. The molecular weight excluding hydrogens is 248 g/mol. The number of aromatic nitrogens is 3. The number of fused-ring (bicyclic) bond motifs is 1. The van der Waals surface area contributed by atoms with Gasteiger partial charge < -0.3 is 5.32 Å². The number of hydrogen-bond donors (Lipinski definition) is 1. The van der Waals surface area contributed by atoms with Crippen molar-refractivity contribution in [2.24, 2.45) is 0 Å². The van der Waals surface area contributed by atoms with Crippen molar-refractivity contribution in [3.63, 3.8) is 0 Å². The molecule has 0 fully saturated rings. The van der Waals surface area contributed by atoms with E-state index in [-0.39, 0.29) is 0 Å². The first-order valence-electron chi connectivity index (χ1n) is 6.73. The standard InChI is InChI=1S/C16H16N4/c1-4-13-6-2-8-20-16(13)14(5-1)7-11-17-12-15-18-9-3-10-19-15/h1-6,8-10,17H,7,11-12H2. The molecule has 2 aromatic heterocycles.